The first-order valence-corrected chi connectivity index (χ1v) is 6.49. The van der Waals surface area contributed by atoms with E-state index in [-0.39, 0.29) is 5.41 Å². The van der Waals surface area contributed by atoms with Crippen LogP contribution in [0.3, 0.4) is 0 Å². The van der Waals surface area contributed by atoms with Gasteiger partial charge >= 0.3 is 6.03 Å². The molecule has 2 fully saturated rings. The summed E-state index contributed by atoms with van der Waals surface area (Å²) in [5, 5.41) is 13.3. The zero-order chi connectivity index (χ0) is 14.4. The molecule has 3 amide bonds. The van der Waals surface area contributed by atoms with Crippen LogP contribution in [0, 0.1) is 11.3 Å². The third-order valence-corrected chi connectivity index (χ3v) is 3.91. The van der Waals surface area contributed by atoms with Crippen molar-refractivity contribution in [3.8, 4) is 0 Å². The molecule has 1 saturated carbocycles. The topological polar surface area (TPSA) is 89.5 Å². The minimum atomic E-state index is -1.43. The monoisotopic (exact) mass is 267 g/mol. The van der Waals surface area contributed by atoms with Crippen molar-refractivity contribution in [2.24, 2.45) is 11.3 Å². The fourth-order valence-corrected chi connectivity index (χ4v) is 3.78. The van der Waals surface area contributed by atoms with Crippen LogP contribution in [0.4, 0.5) is 4.79 Å². The smallest absolute Gasteiger partial charge is 0.325 e. The molecule has 6 nitrogen and oxygen atoms in total. The fourth-order valence-electron chi connectivity index (χ4n) is 3.78. The van der Waals surface area contributed by atoms with Gasteiger partial charge in [0, 0.05) is 0 Å². The minimum absolute atomic E-state index is 0.0575. The molecule has 0 aromatic rings. The Morgan fingerprint density at radius 2 is 2.05 bits per heavy atom. The number of imide groups is 1. The van der Waals surface area contributed by atoms with Crippen LogP contribution in [0.5, 0.6) is 0 Å². The molecule has 106 valence electrons. The lowest BCUT2D eigenvalue weighted by molar-refractivity contribution is -0.305. The van der Waals surface area contributed by atoms with Crippen LogP contribution in [0.15, 0.2) is 0 Å². The van der Waals surface area contributed by atoms with Crippen LogP contribution in [-0.4, -0.2) is 34.9 Å². The first-order chi connectivity index (χ1) is 8.65. The van der Waals surface area contributed by atoms with E-state index in [1.807, 2.05) is 6.92 Å². The zero-order valence-electron chi connectivity index (χ0n) is 11.5. The Morgan fingerprint density at radius 1 is 1.42 bits per heavy atom. The largest absolute Gasteiger partial charge is 0.548 e. The van der Waals surface area contributed by atoms with Gasteiger partial charge in [0.1, 0.15) is 5.54 Å². The van der Waals surface area contributed by atoms with E-state index in [0.29, 0.717) is 18.8 Å². The van der Waals surface area contributed by atoms with Gasteiger partial charge in [-0.2, -0.15) is 0 Å². The summed E-state index contributed by atoms with van der Waals surface area (Å²) in [6.45, 7) is 5.49. The number of nitrogens with zero attached hydrogens (tertiary/aromatic N) is 1. The second-order valence-corrected chi connectivity index (χ2v) is 6.63. The van der Waals surface area contributed by atoms with E-state index >= 15 is 0 Å². The predicted octanol–water partition coefficient (Wildman–Crippen LogP) is -0.127. The van der Waals surface area contributed by atoms with E-state index in [1.165, 1.54) is 0 Å². The second-order valence-electron chi connectivity index (χ2n) is 6.63. The Kier molecular flexibility index (Phi) is 3.07. The molecule has 0 unspecified atom stereocenters. The van der Waals surface area contributed by atoms with Gasteiger partial charge in [0.2, 0.25) is 0 Å². The van der Waals surface area contributed by atoms with Crippen molar-refractivity contribution in [1.29, 1.82) is 0 Å². The van der Waals surface area contributed by atoms with Gasteiger partial charge < -0.3 is 15.2 Å². The number of urea groups is 1. The van der Waals surface area contributed by atoms with Gasteiger partial charge in [0.05, 0.1) is 12.5 Å². The van der Waals surface area contributed by atoms with Crippen LogP contribution in [0.25, 0.3) is 0 Å². The first-order valence-electron chi connectivity index (χ1n) is 6.49. The number of carbonyl (C=O) groups is 3. The molecule has 6 heteroatoms. The third-order valence-electron chi connectivity index (χ3n) is 3.91. The van der Waals surface area contributed by atoms with Gasteiger partial charge in [-0.25, -0.2) is 4.79 Å². The van der Waals surface area contributed by atoms with Crippen LogP contribution < -0.4 is 10.4 Å². The molecule has 2 atom stereocenters. The van der Waals surface area contributed by atoms with Gasteiger partial charge in [-0.15, -0.1) is 0 Å². The lowest BCUT2D eigenvalue weighted by atomic mass is 9.64. The van der Waals surface area contributed by atoms with Crippen LogP contribution in [0.1, 0.15) is 40.0 Å². The van der Waals surface area contributed by atoms with Crippen molar-refractivity contribution in [2.75, 3.05) is 6.54 Å². The highest BCUT2D eigenvalue weighted by molar-refractivity contribution is 6.08. The Bertz CT molecular complexity index is 446. The molecule has 2 aliphatic rings. The molecule has 1 aliphatic heterocycles. The van der Waals surface area contributed by atoms with Gasteiger partial charge in [-0.1, -0.05) is 20.8 Å². The number of carbonyl (C=O) groups excluding carboxylic acids is 3. The molecule has 0 aromatic heterocycles. The molecule has 0 radical (unpaired) electrons. The number of carboxylic acid groups (broad SMARTS) is 1. The number of rotatable bonds is 2. The van der Waals surface area contributed by atoms with E-state index in [1.54, 1.807) is 0 Å². The summed E-state index contributed by atoms with van der Waals surface area (Å²) in [7, 11) is 0. The molecule has 2 rings (SSSR count). The number of nitrogens with one attached hydrogen (secondary N) is 1. The maximum absolute atomic E-state index is 12.4. The standard InChI is InChI=1S/C13H20N2O4/c1-8-4-12(2,3)7-13(5-8)10(18)15(6-9(16)17)11(19)14-13/h8H,4-7H2,1-3H3,(H,14,19)(H,16,17)/p-1/t8-,13-/m0/s1. The molecule has 1 saturated heterocycles. The molecular weight excluding hydrogens is 248 g/mol. The van der Waals surface area contributed by atoms with Crippen molar-refractivity contribution in [3.63, 3.8) is 0 Å². The number of hydrogen-bond donors (Lipinski definition) is 1. The highest BCUT2D eigenvalue weighted by Crippen LogP contribution is 2.46. The normalized spacial score (nSPS) is 33.6. The summed E-state index contributed by atoms with van der Waals surface area (Å²) in [5.41, 5.74) is -0.994. The summed E-state index contributed by atoms with van der Waals surface area (Å²) in [5.74, 6) is -1.55. The molecule has 0 bridgehead atoms. The Morgan fingerprint density at radius 3 is 2.58 bits per heavy atom. The quantitative estimate of drug-likeness (QED) is 0.706. The highest BCUT2D eigenvalue weighted by atomic mass is 16.4. The molecule has 1 heterocycles. The summed E-state index contributed by atoms with van der Waals surface area (Å²) in [4.78, 5) is 35.6. The number of amides is 3. The predicted molar refractivity (Wildman–Crippen MR) is 64.8 cm³/mol. The molecule has 1 N–H and O–H groups in total. The van der Waals surface area contributed by atoms with Crippen LogP contribution >= 0.6 is 0 Å². The number of carboxylic acids is 1. The number of aliphatic carboxylic acids is 1. The van der Waals surface area contributed by atoms with E-state index in [4.69, 9.17) is 0 Å². The van der Waals surface area contributed by atoms with Crippen molar-refractivity contribution < 1.29 is 19.5 Å². The van der Waals surface area contributed by atoms with E-state index in [0.717, 1.165) is 11.3 Å². The van der Waals surface area contributed by atoms with E-state index in [9.17, 15) is 19.5 Å². The lowest BCUT2D eigenvalue weighted by Crippen LogP contribution is -2.54. The van der Waals surface area contributed by atoms with E-state index < -0.39 is 30.0 Å². The van der Waals surface area contributed by atoms with Crippen LogP contribution in [0.2, 0.25) is 0 Å². The number of hydrogen-bond acceptors (Lipinski definition) is 4. The van der Waals surface area contributed by atoms with Gasteiger partial charge in [-0.05, 0) is 30.6 Å². The molecule has 19 heavy (non-hydrogen) atoms. The zero-order valence-corrected chi connectivity index (χ0v) is 11.5. The maximum atomic E-state index is 12.4. The van der Waals surface area contributed by atoms with Crippen molar-refractivity contribution in [1.82, 2.24) is 10.2 Å². The van der Waals surface area contributed by atoms with Crippen molar-refractivity contribution in [3.05, 3.63) is 0 Å². The summed E-state index contributed by atoms with van der Waals surface area (Å²) >= 11 is 0. The first kappa shape index (κ1) is 13.8. The lowest BCUT2D eigenvalue weighted by Gasteiger charge is -2.43. The van der Waals surface area contributed by atoms with Crippen molar-refractivity contribution in [2.45, 2.75) is 45.6 Å². The fraction of sp³-hybridized carbons (Fsp3) is 0.769. The highest BCUT2D eigenvalue weighted by Gasteiger charge is 2.55. The average Bonchev–Trinajstić information content (AvgIpc) is 2.38. The Balaban J connectivity index is 2.28. The molecule has 0 aromatic carbocycles. The van der Waals surface area contributed by atoms with Crippen molar-refractivity contribution >= 4 is 17.9 Å². The second kappa shape index (κ2) is 4.21. The summed E-state index contributed by atoms with van der Waals surface area (Å²) in [6, 6.07) is -0.626. The maximum Gasteiger partial charge on any atom is 0.325 e. The average molecular weight is 267 g/mol. The van der Waals surface area contributed by atoms with Gasteiger partial charge in [0.25, 0.3) is 5.91 Å². The van der Waals surface area contributed by atoms with Gasteiger partial charge in [0.15, 0.2) is 0 Å². The van der Waals surface area contributed by atoms with Crippen LogP contribution in [-0.2, 0) is 9.59 Å². The SMILES string of the molecule is C[C@H]1CC(C)(C)C[C@]2(C1)NC(=O)N(CC(=O)[O-])C2=O. The van der Waals surface area contributed by atoms with Gasteiger partial charge in [-0.3, -0.25) is 9.69 Å². The molecular formula is C13H19N2O4-. The summed E-state index contributed by atoms with van der Waals surface area (Å²) < 4.78 is 0. The minimum Gasteiger partial charge on any atom is -0.548 e. The Hall–Kier alpha value is -1.59. The molecule has 1 aliphatic carbocycles. The summed E-state index contributed by atoms with van der Waals surface area (Å²) in [6.07, 6.45) is 2.08. The molecule has 1 spiro atoms. The Labute approximate surface area is 112 Å². The van der Waals surface area contributed by atoms with E-state index in [2.05, 4.69) is 19.2 Å². The third kappa shape index (κ3) is 2.43.